The number of hydrogen-bond donors (Lipinski definition) is 1. The van der Waals surface area contributed by atoms with E-state index in [4.69, 9.17) is 4.74 Å². The van der Waals surface area contributed by atoms with Crippen molar-refractivity contribution in [3.8, 4) is 0 Å². The van der Waals surface area contributed by atoms with Gasteiger partial charge in [-0.05, 0) is 50.1 Å². The average Bonchev–Trinajstić information content (AvgIpc) is 3.00. The van der Waals surface area contributed by atoms with Crippen molar-refractivity contribution in [2.45, 2.75) is 43.6 Å². The molecule has 1 unspecified atom stereocenters. The van der Waals surface area contributed by atoms with Gasteiger partial charge in [-0.3, -0.25) is 4.79 Å². The summed E-state index contributed by atoms with van der Waals surface area (Å²) >= 11 is 0. The molecule has 0 radical (unpaired) electrons. The van der Waals surface area contributed by atoms with E-state index in [-0.39, 0.29) is 16.1 Å². The zero-order valence-corrected chi connectivity index (χ0v) is 18.2. The Morgan fingerprint density at radius 3 is 2.72 bits per heavy atom. The van der Waals surface area contributed by atoms with Gasteiger partial charge in [0, 0.05) is 13.0 Å². The Morgan fingerprint density at radius 1 is 1.16 bits per heavy atom. The third kappa shape index (κ3) is 4.36. The number of carbonyl (C=O) groups excluding carboxylic acids is 2. The first-order valence-corrected chi connectivity index (χ1v) is 11.7. The van der Waals surface area contributed by atoms with Crippen molar-refractivity contribution in [2.75, 3.05) is 16.8 Å². The smallest absolute Gasteiger partial charge is 0.338 e. The molecule has 0 saturated carbocycles. The summed E-state index contributed by atoms with van der Waals surface area (Å²) in [6.07, 6.45) is 2.12. The molecule has 1 amide bonds. The van der Waals surface area contributed by atoms with Crippen LogP contribution >= 0.6 is 0 Å². The Morgan fingerprint density at radius 2 is 1.94 bits per heavy atom. The molecule has 0 spiro atoms. The summed E-state index contributed by atoms with van der Waals surface area (Å²) in [6, 6.07) is 9.86. The van der Waals surface area contributed by atoms with Crippen molar-refractivity contribution in [1.29, 1.82) is 0 Å². The van der Waals surface area contributed by atoms with E-state index in [1.807, 2.05) is 4.90 Å². The number of hydrogen-bond acceptors (Lipinski definition) is 6. The van der Waals surface area contributed by atoms with Crippen LogP contribution in [0.3, 0.4) is 0 Å². The number of halogens is 1. The molecular weight excluding hydrogens is 437 g/mol. The van der Waals surface area contributed by atoms with Crippen LogP contribution in [0.5, 0.6) is 0 Å². The van der Waals surface area contributed by atoms with Crippen LogP contribution in [0.4, 0.5) is 15.8 Å². The summed E-state index contributed by atoms with van der Waals surface area (Å²) in [7, 11) is -3.96. The zero-order valence-electron chi connectivity index (χ0n) is 17.4. The summed E-state index contributed by atoms with van der Waals surface area (Å²) in [6.45, 7) is 2.00. The normalized spacial score (nSPS) is 17.8. The molecule has 8 nitrogen and oxygen atoms in total. The maximum atomic E-state index is 13.7. The third-order valence-electron chi connectivity index (χ3n) is 5.37. The van der Waals surface area contributed by atoms with Gasteiger partial charge in [-0.1, -0.05) is 18.6 Å². The van der Waals surface area contributed by atoms with Crippen molar-refractivity contribution in [1.82, 2.24) is 0 Å². The quantitative estimate of drug-likeness (QED) is 0.702. The Balaban J connectivity index is 1.52. The third-order valence-corrected chi connectivity index (χ3v) is 6.70. The fraction of sp³-hybridized carbons (Fsp3) is 0.318. The maximum Gasteiger partial charge on any atom is 0.338 e. The van der Waals surface area contributed by atoms with E-state index in [1.54, 1.807) is 12.1 Å². The van der Waals surface area contributed by atoms with Gasteiger partial charge in [0.2, 0.25) is 0 Å². The van der Waals surface area contributed by atoms with E-state index < -0.39 is 33.8 Å². The summed E-state index contributed by atoms with van der Waals surface area (Å²) in [4.78, 5) is 26.7. The van der Waals surface area contributed by atoms with Crippen molar-refractivity contribution < 1.29 is 27.1 Å². The van der Waals surface area contributed by atoms with Crippen LogP contribution in [0.1, 0.15) is 43.0 Å². The number of ether oxygens (including phenoxy) is 1. The number of rotatable bonds is 4. The van der Waals surface area contributed by atoms with E-state index in [0.29, 0.717) is 24.5 Å². The van der Waals surface area contributed by atoms with Gasteiger partial charge >= 0.3 is 5.97 Å². The molecule has 2 heterocycles. The second-order valence-electron chi connectivity index (χ2n) is 7.64. The van der Waals surface area contributed by atoms with Gasteiger partial charge in [0.1, 0.15) is 16.5 Å². The number of sulfonamides is 1. The number of amides is 1. The van der Waals surface area contributed by atoms with E-state index in [1.165, 1.54) is 37.3 Å². The predicted octanol–water partition coefficient (Wildman–Crippen LogP) is 3.49. The summed E-state index contributed by atoms with van der Waals surface area (Å²) < 4.78 is 48.3. The maximum absolute atomic E-state index is 13.7. The van der Waals surface area contributed by atoms with Crippen LogP contribution in [-0.4, -0.2) is 38.8 Å². The monoisotopic (exact) mass is 459 g/mol. The Labute approximate surface area is 185 Å². The van der Waals surface area contributed by atoms with Crippen molar-refractivity contribution >= 4 is 39.1 Å². The van der Waals surface area contributed by atoms with E-state index >= 15 is 0 Å². The highest BCUT2D eigenvalue weighted by atomic mass is 32.2. The lowest BCUT2D eigenvalue weighted by Gasteiger charge is -2.29. The molecule has 0 aromatic heterocycles. The van der Waals surface area contributed by atoms with Crippen LogP contribution in [0, 0.1) is 5.82 Å². The van der Waals surface area contributed by atoms with E-state index in [9.17, 15) is 22.4 Å². The number of amidine groups is 1. The SMILES string of the molecule is CC(OC(=O)c1ccc2c(c1)S(=O)(=O)N=C1CCCCCN12)C(=O)Nc1ccccc1F. The van der Waals surface area contributed by atoms with Crippen molar-refractivity contribution in [2.24, 2.45) is 4.40 Å². The van der Waals surface area contributed by atoms with Gasteiger partial charge in [-0.25, -0.2) is 9.18 Å². The lowest BCUT2D eigenvalue weighted by Crippen LogP contribution is -2.35. The molecule has 10 heteroatoms. The minimum atomic E-state index is -3.96. The molecule has 0 bridgehead atoms. The Bertz CT molecular complexity index is 1210. The predicted molar refractivity (Wildman–Crippen MR) is 117 cm³/mol. The first-order chi connectivity index (χ1) is 15.3. The molecular formula is C22H22FN3O5S. The highest BCUT2D eigenvalue weighted by Crippen LogP contribution is 2.35. The topological polar surface area (TPSA) is 105 Å². The highest BCUT2D eigenvalue weighted by Gasteiger charge is 2.32. The number of anilines is 2. The molecule has 2 aliphatic heterocycles. The fourth-order valence-corrected chi connectivity index (χ4v) is 4.97. The van der Waals surface area contributed by atoms with Gasteiger partial charge in [0.15, 0.2) is 6.10 Å². The number of fused-ring (bicyclic) bond motifs is 3. The molecule has 1 fully saturated rings. The van der Waals surface area contributed by atoms with Crippen LogP contribution in [0.25, 0.3) is 0 Å². The number of esters is 1. The molecule has 1 N–H and O–H groups in total. The number of benzene rings is 2. The van der Waals surface area contributed by atoms with E-state index in [0.717, 1.165) is 19.3 Å². The van der Waals surface area contributed by atoms with Gasteiger partial charge in [-0.2, -0.15) is 8.42 Å². The highest BCUT2D eigenvalue weighted by molar-refractivity contribution is 7.90. The molecule has 32 heavy (non-hydrogen) atoms. The number of para-hydroxylation sites is 1. The molecule has 2 aromatic rings. The minimum absolute atomic E-state index is 0.0219. The molecule has 1 saturated heterocycles. The molecule has 1 atom stereocenters. The molecule has 0 aliphatic carbocycles. The average molecular weight is 459 g/mol. The second kappa shape index (κ2) is 8.70. The van der Waals surface area contributed by atoms with Gasteiger partial charge in [-0.15, -0.1) is 4.40 Å². The lowest BCUT2D eigenvalue weighted by molar-refractivity contribution is -0.123. The second-order valence-corrected chi connectivity index (χ2v) is 9.22. The summed E-state index contributed by atoms with van der Waals surface area (Å²) in [5.41, 5.74) is 0.427. The Hall–Kier alpha value is -3.27. The van der Waals surface area contributed by atoms with Crippen LogP contribution < -0.4 is 10.2 Å². The first kappa shape index (κ1) is 21.9. The van der Waals surface area contributed by atoms with Crippen molar-refractivity contribution in [3.63, 3.8) is 0 Å². The fourth-order valence-electron chi connectivity index (χ4n) is 3.69. The molecule has 168 valence electrons. The van der Waals surface area contributed by atoms with Crippen LogP contribution in [0.2, 0.25) is 0 Å². The van der Waals surface area contributed by atoms with Gasteiger partial charge in [0.05, 0.1) is 16.9 Å². The molecule has 2 aliphatic rings. The van der Waals surface area contributed by atoms with Crippen LogP contribution in [0.15, 0.2) is 51.8 Å². The lowest BCUT2D eigenvalue weighted by atomic mass is 10.1. The van der Waals surface area contributed by atoms with Crippen molar-refractivity contribution in [3.05, 3.63) is 53.8 Å². The van der Waals surface area contributed by atoms with Gasteiger partial charge in [0.25, 0.3) is 15.9 Å². The summed E-state index contributed by atoms with van der Waals surface area (Å²) in [5, 5.41) is 2.36. The minimum Gasteiger partial charge on any atom is -0.449 e. The first-order valence-electron chi connectivity index (χ1n) is 10.3. The van der Waals surface area contributed by atoms with E-state index in [2.05, 4.69) is 9.71 Å². The number of nitrogens with one attached hydrogen (secondary N) is 1. The van der Waals surface area contributed by atoms with Gasteiger partial charge < -0.3 is 15.0 Å². The molecule has 2 aromatic carbocycles. The van der Waals surface area contributed by atoms with Crippen LogP contribution in [-0.2, 0) is 19.6 Å². The molecule has 4 rings (SSSR count). The standard InChI is InChI=1S/C22H22FN3O5S/c1-14(21(27)24-17-8-5-4-7-16(17)23)31-22(28)15-10-11-18-19(13-15)32(29,30)25-20-9-3-2-6-12-26(18)20/h4-5,7-8,10-11,13-14H,2-3,6,9,12H2,1H3,(H,24,27). The number of nitrogens with zero attached hydrogens (tertiary/aromatic N) is 2. The zero-order chi connectivity index (χ0) is 22.9. The summed E-state index contributed by atoms with van der Waals surface area (Å²) in [5.74, 6) is -1.69. The number of carbonyl (C=O) groups is 2. The Kier molecular flexibility index (Phi) is 5.96. The largest absolute Gasteiger partial charge is 0.449 e.